The van der Waals surface area contributed by atoms with Gasteiger partial charge in [0.15, 0.2) is 0 Å². The molecule has 122 valence electrons. The second kappa shape index (κ2) is 6.97. The first-order valence-corrected chi connectivity index (χ1v) is 9.36. The van der Waals surface area contributed by atoms with Crippen LogP contribution < -0.4 is 11.3 Å². The van der Waals surface area contributed by atoms with Gasteiger partial charge in [0.05, 0.1) is 5.60 Å². The van der Waals surface area contributed by atoms with E-state index in [1.807, 2.05) is 0 Å². The molecule has 3 rings (SSSR count). The monoisotopic (exact) mass is 294 g/mol. The third-order valence-electron chi connectivity index (χ3n) is 6.65. The lowest BCUT2D eigenvalue weighted by Gasteiger charge is -2.44. The standard InChI is InChI=1S/C18H34N2O/c1-2-14-6-5-7-15(12-14)17(20-19)16-8-11-21-18(13-16)9-3-4-10-18/h14-17,20H,2-13,19H2,1H3. The lowest BCUT2D eigenvalue weighted by molar-refractivity contribution is -0.102. The van der Waals surface area contributed by atoms with Crippen LogP contribution in [0.15, 0.2) is 0 Å². The Bertz CT molecular complexity index is 327. The van der Waals surface area contributed by atoms with E-state index >= 15 is 0 Å². The Morgan fingerprint density at radius 2 is 1.95 bits per heavy atom. The minimum atomic E-state index is 0.219. The van der Waals surface area contributed by atoms with Gasteiger partial charge in [0, 0.05) is 12.6 Å². The van der Waals surface area contributed by atoms with E-state index < -0.39 is 0 Å². The van der Waals surface area contributed by atoms with Crippen molar-refractivity contribution >= 4 is 0 Å². The Morgan fingerprint density at radius 1 is 1.14 bits per heavy atom. The summed E-state index contributed by atoms with van der Waals surface area (Å²) >= 11 is 0. The van der Waals surface area contributed by atoms with Crippen molar-refractivity contribution in [2.24, 2.45) is 23.6 Å². The lowest BCUT2D eigenvalue weighted by Crippen LogP contribution is -2.52. The average Bonchev–Trinajstić information content (AvgIpc) is 2.96. The smallest absolute Gasteiger partial charge is 0.0685 e. The summed E-state index contributed by atoms with van der Waals surface area (Å²) in [7, 11) is 0. The Hall–Kier alpha value is -0.120. The third kappa shape index (κ3) is 3.46. The molecule has 1 aliphatic heterocycles. The van der Waals surface area contributed by atoms with Crippen molar-refractivity contribution in [3.8, 4) is 0 Å². The minimum absolute atomic E-state index is 0.219. The summed E-state index contributed by atoms with van der Waals surface area (Å²) in [6.45, 7) is 3.30. The predicted octanol–water partition coefficient (Wildman–Crippen LogP) is 3.77. The van der Waals surface area contributed by atoms with Gasteiger partial charge in [0.1, 0.15) is 0 Å². The molecule has 0 aromatic heterocycles. The van der Waals surface area contributed by atoms with Crippen LogP contribution in [-0.2, 0) is 4.74 Å². The van der Waals surface area contributed by atoms with E-state index in [9.17, 15) is 0 Å². The SMILES string of the molecule is CCC1CCCC(C(NN)C2CCOC3(CCCC3)C2)C1. The summed E-state index contributed by atoms with van der Waals surface area (Å²) in [5.74, 6) is 8.46. The molecule has 3 N–H and O–H groups in total. The quantitative estimate of drug-likeness (QED) is 0.613. The van der Waals surface area contributed by atoms with Crippen LogP contribution in [0.25, 0.3) is 0 Å². The van der Waals surface area contributed by atoms with Gasteiger partial charge in [0.25, 0.3) is 0 Å². The van der Waals surface area contributed by atoms with Gasteiger partial charge < -0.3 is 4.74 Å². The molecule has 3 aliphatic rings. The summed E-state index contributed by atoms with van der Waals surface area (Å²) in [5, 5.41) is 0. The highest BCUT2D eigenvalue weighted by Crippen LogP contribution is 2.45. The Morgan fingerprint density at radius 3 is 2.67 bits per heavy atom. The molecule has 0 bridgehead atoms. The fourth-order valence-corrected chi connectivity index (χ4v) is 5.43. The van der Waals surface area contributed by atoms with Gasteiger partial charge in [-0.15, -0.1) is 0 Å². The van der Waals surface area contributed by atoms with E-state index in [-0.39, 0.29) is 5.60 Å². The number of nitrogens with one attached hydrogen (secondary N) is 1. The normalized spacial score (nSPS) is 37.7. The van der Waals surface area contributed by atoms with Crippen molar-refractivity contribution in [3.63, 3.8) is 0 Å². The Labute approximate surface area is 130 Å². The van der Waals surface area contributed by atoms with E-state index in [0.717, 1.165) is 24.4 Å². The number of nitrogens with two attached hydrogens (primary N) is 1. The van der Waals surface area contributed by atoms with Gasteiger partial charge in [-0.25, -0.2) is 0 Å². The van der Waals surface area contributed by atoms with Crippen LogP contribution in [0.5, 0.6) is 0 Å². The minimum Gasteiger partial charge on any atom is -0.375 e. The zero-order valence-corrected chi connectivity index (χ0v) is 13.8. The zero-order valence-electron chi connectivity index (χ0n) is 13.8. The summed E-state index contributed by atoms with van der Waals surface area (Å²) in [4.78, 5) is 0. The second-order valence-corrected chi connectivity index (χ2v) is 7.88. The van der Waals surface area contributed by atoms with Gasteiger partial charge in [-0.05, 0) is 56.3 Å². The van der Waals surface area contributed by atoms with Gasteiger partial charge in [0.2, 0.25) is 0 Å². The van der Waals surface area contributed by atoms with Crippen molar-refractivity contribution in [1.82, 2.24) is 5.43 Å². The predicted molar refractivity (Wildman–Crippen MR) is 86.7 cm³/mol. The first kappa shape index (κ1) is 15.8. The topological polar surface area (TPSA) is 47.3 Å². The summed E-state index contributed by atoms with van der Waals surface area (Å²) in [6, 6.07) is 0.515. The number of hydrazine groups is 1. The van der Waals surface area contributed by atoms with E-state index in [1.54, 1.807) is 0 Å². The van der Waals surface area contributed by atoms with E-state index in [1.165, 1.54) is 70.6 Å². The van der Waals surface area contributed by atoms with Crippen molar-refractivity contribution in [2.45, 2.75) is 89.2 Å². The lowest BCUT2D eigenvalue weighted by atomic mass is 9.70. The van der Waals surface area contributed by atoms with Gasteiger partial charge in [-0.2, -0.15) is 0 Å². The molecule has 21 heavy (non-hydrogen) atoms. The van der Waals surface area contributed by atoms with Gasteiger partial charge in [-0.1, -0.05) is 39.0 Å². The summed E-state index contributed by atoms with van der Waals surface area (Å²) in [6.07, 6.45) is 14.6. The van der Waals surface area contributed by atoms with Crippen LogP contribution >= 0.6 is 0 Å². The molecule has 4 unspecified atom stereocenters. The third-order valence-corrected chi connectivity index (χ3v) is 6.65. The van der Waals surface area contributed by atoms with Crippen molar-refractivity contribution in [1.29, 1.82) is 0 Å². The van der Waals surface area contributed by atoms with Crippen molar-refractivity contribution in [3.05, 3.63) is 0 Å². The second-order valence-electron chi connectivity index (χ2n) is 7.88. The fourth-order valence-electron chi connectivity index (χ4n) is 5.43. The number of ether oxygens (including phenoxy) is 1. The maximum Gasteiger partial charge on any atom is 0.0685 e. The molecule has 0 amide bonds. The van der Waals surface area contributed by atoms with Crippen LogP contribution in [-0.4, -0.2) is 18.2 Å². The Kier molecular flexibility index (Phi) is 5.23. The van der Waals surface area contributed by atoms with Crippen molar-refractivity contribution < 1.29 is 4.74 Å². The summed E-state index contributed by atoms with van der Waals surface area (Å²) < 4.78 is 6.21. The van der Waals surface area contributed by atoms with Gasteiger partial charge in [-0.3, -0.25) is 11.3 Å². The van der Waals surface area contributed by atoms with E-state index in [0.29, 0.717) is 6.04 Å². The maximum atomic E-state index is 6.21. The number of hydrogen-bond acceptors (Lipinski definition) is 3. The van der Waals surface area contributed by atoms with Crippen molar-refractivity contribution in [2.75, 3.05) is 6.61 Å². The molecule has 0 aromatic rings. The molecule has 1 spiro atoms. The van der Waals surface area contributed by atoms with Gasteiger partial charge >= 0.3 is 0 Å². The molecule has 3 heteroatoms. The molecule has 3 fully saturated rings. The van der Waals surface area contributed by atoms with Crippen LogP contribution in [0.1, 0.15) is 77.6 Å². The Balaban J connectivity index is 1.64. The number of hydrogen-bond donors (Lipinski definition) is 2. The molecular formula is C18H34N2O. The average molecular weight is 294 g/mol. The fraction of sp³-hybridized carbons (Fsp3) is 1.00. The number of rotatable bonds is 4. The molecule has 1 saturated heterocycles. The van der Waals surface area contributed by atoms with Crippen LogP contribution in [0.2, 0.25) is 0 Å². The van der Waals surface area contributed by atoms with E-state index in [2.05, 4.69) is 12.3 Å². The largest absolute Gasteiger partial charge is 0.375 e. The highest BCUT2D eigenvalue weighted by molar-refractivity contribution is 4.96. The molecule has 2 aliphatic carbocycles. The zero-order chi connectivity index (χ0) is 14.7. The highest BCUT2D eigenvalue weighted by atomic mass is 16.5. The molecule has 0 radical (unpaired) electrons. The van der Waals surface area contributed by atoms with Crippen LogP contribution in [0, 0.1) is 17.8 Å². The molecule has 4 atom stereocenters. The molecule has 0 aromatic carbocycles. The van der Waals surface area contributed by atoms with Crippen LogP contribution in [0.3, 0.4) is 0 Å². The van der Waals surface area contributed by atoms with E-state index in [4.69, 9.17) is 10.6 Å². The molecule has 2 saturated carbocycles. The first-order valence-electron chi connectivity index (χ1n) is 9.36. The summed E-state index contributed by atoms with van der Waals surface area (Å²) in [5.41, 5.74) is 3.46. The maximum absolute atomic E-state index is 6.21. The van der Waals surface area contributed by atoms with Crippen LogP contribution in [0.4, 0.5) is 0 Å². The molecular weight excluding hydrogens is 260 g/mol. The molecule has 3 nitrogen and oxygen atoms in total. The molecule has 1 heterocycles. The highest BCUT2D eigenvalue weighted by Gasteiger charge is 2.43. The first-order chi connectivity index (χ1) is 10.3.